The fraction of sp³-hybridized carbons (Fsp3) is 0.333. The van der Waals surface area contributed by atoms with Crippen LogP contribution in [0.5, 0.6) is 5.75 Å². The fourth-order valence-corrected chi connectivity index (χ4v) is 2.43. The standard InChI is InChI=1S/C21H26N2O3/c1-4-5-14-22-21(25)17-11-7-8-12-18(17)23-20(24)16(3)26-19-13-9-6-10-15(19)2/h6-13,16H,4-5,14H2,1-3H3,(H,22,25)(H,23,24). The summed E-state index contributed by atoms with van der Waals surface area (Å²) >= 11 is 0. The van der Waals surface area contributed by atoms with E-state index in [0.717, 1.165) is 18.4 Å². The molecular formula is C21H26N2O3. The normalized spacial score (nSPS) is 11.5. The van der Waals surface area contributed by atoms with Crippen LogP contribution in [0.25, 0.3) is 0 Å². The predicted molar refractivity (Wildman–Crippen MR) is 104 cm³/mol. The van der Waals surface area contributed by atoms with Crippen LogP contribution in [0.4, 0.5) is 5.69 Å². The Bertz CT molecular complexity index is 758. The van der Waals surface area contributed by atoms with Crippen LogP contribution in [0.1, 0.15) is 42.6 Å². The van der Waals surface area contributed by atoms with Crippen LogP contribution >= 0.6 is 0 Å². The number of benzene rings is 2. The van der Waals surface area contributed by atoms with Crippen LogP contribution in [0.3, 0.4) is 0 Å². The van der Waals surface area contributed by atoms with E-state index in [2.05, 4.69) is 17.6 Å². The van der Waals surface area contributed by atoms with Gasteiger partial charge >= 0.3 is 0 Å². The van der Waals surface area contributed by atoms with Crippen molar-refractivity contribution in [1.82, 2.24) is 5.32 Å². The van der Waals surface area contributed by atoms with E-state index < -0.39 is 6.10 Å². The summed E-state index contributed by atoms with van der Waals surface area (Å²) in [6.45, 7) is 6.29. The van der Waals surface area contributed by atoms with Crippen molar-refractivity contribution in [2.75, 3.05) is 11.9 Å². The first-order valence-electron chi connectivity index (χ1n) is 8.93. The second kappa shape index (κ2) is 9.61. The molecule has 26 heavy (non-hydrogen) atoms. The second-order valence-electron chi connectivity index (χ2n) is 6.17. The van der Waals surface area contributed by atoms with Gasteiger partial charge in [0.25, 0.3) is 11.8 Å². The number of carbonyl (C=O) groups excluding carboxylic acids is 2. The molecule has 0 radical (unpaired) electrons. The zero-order valence-corrected chi connectivity index (χ0v) is 15.5. The second-order valence-corrected chi connectivity index (χ2v) is 6.17. The number of hydrogen-bond acceptors (Lipinski definition) is 3. The highest BCUT2D eigenvalue weighted by molar-refractivity contribution is 6.04. The summed E-state index contributed by atoms with van der Waals surface area (Å²) in [5.41, 5.74) is 1.88. The van der Waals surface area contributed by atoms with Crippen molar-refractivity contribution in [3.05, 3.63) is 59.7 Å². The molecule has 1 atom stereocenters. The first kappa shape index (κ1) is 19.5. The monoisotopic (exact) mass is 354 g/mol. The molecule has 2 amide bonds. The van der Waals surface area contributed by atoms with Crippen LogP contribution < -0.4 is 15.4 Å². The summed E-state index contributed by atoms with van der Waals surface area (Å²) in [5.74, 6) is 0.171. The lowest BCUT2D eigenvalue weighted by Gasteiger charge is -2.17. The molecule has 0 spiro atoms. The molecule has 0 fully saturated rings. The molecule has 0 aliphatic carbocycles. The highest BCUT2D eigenvalue weighted by Crippen LogP contribution is 2.19. The number of aryl methyl sites for hydroxylation is 1. The minimum Gasteiger partial charge on any atom is -0.481 e. The Morgan fingerprint density at radius 3 is 2.50 bits per heavy atom. The Labute approximate surface area is 154 Å². The molecule has 1 unspecified atom stereocenters. The number of rotatable bonds is 8. The topological polar surface area (TPSA) is 67.4 Å². The predicted octanol–water partition coefficient (Wildman–Crippen LogP) is 3.93. The molecular weight excluding hydrogens is 328 g/mol. The Balaban J connectivity index is 2.04. The molecule has 0 saturated carbocycles. The zero-order chi connectivity index (χ0) is 18.9. The summed E-state index contributed by atoms with van der Waals surface area (Å²) in [6.07, 6.45) is 1.24. The molecule has 138 valence electrons. The van der Waals surface area contributed by atoms with Crippen molar-refractivity contribution >= 4 is 17.5 Å². The summed E-state index contributed by atoms with van der Waals surface area (Å²) in [7, 11) is 0. The number of unbranched alkanes of at least 4 members (excludes halogenated alkanes) is 1. The summed E-state index contributed by atoms with van der Waals surface area (Å²) < 4.78 is 5.75. The number of nitrogens with one attached hydrogen (secondary N) is 2. The molecule has 0 aliphatic rings. The fourth-order valence-electron chi connectivity index (χ4n) is 2.43. The Morgan fingerprint density at radius 1 is 1.08 bits per heavy atom. The average molecular weight is 354 g/mol. The van der Waals surface area contributed by atoms with Gasteiger partial charge in [-0.25, -0.2) is 0 Å². The summed E-state index contributed by atoms with van der Waals surface area (Å²) in [4.78, 5) is 24.8. The molecule has 0 bridgehead atoms. The molecule has 2 aromatic rings. The van der Waals surface area contributed by atoms with E-state index in [1.54, 1.807) is 31.2 Å². The van der Waals surface area contributed by atoms with E-state index in [9.17, 15) is 9.59 Å². The van der Waals surface area contributed by atoms with Gasteiger partial charge in [-0.3, -0.25) is 9.59 Å². The Morgan fingerprint density at radius 2 is 1.77 bits per heavy atom. The maximum Gasteiger partial charge on any atom is 0.265 e. The SMILES string of the molecule is CCCCNC(=O)c1ccccc1NC(=O)C(C)Oc1ccccc1C. The first-order valence-corrected chi connectivity index (χ1v) is 8.93. The van der Waals surface area contributed by atoms with E-state index in [0.29, 0.717) is 23.5 Å². The number of carbonyl (C=O) groups is 2. The van der Waals surface area contributed by atoms with Crippen molar-refractivity contribution in [3.63, 3.8) is 0 Å². The van der Waals surface area contributed by atoms with Gasteiger partial charge in [-0.15, -0.1) is 0 Å². The number of para-hydroxylation sites is 2. The van der Waals surface area contributed by atoms with Crippen molar-refractivity contribution in [3.8, 4) is 5.75 Å². The van der Waals surface area contributed by atoms with Gasteiger partial charge in [0.1, 0.15) is 5.75 Å². The van der Waals surface area contributed by atoms with Gasteiger partial charge in [0.2, 0.25) is 0 Å². The Hall–Kier alpha value is -2.82. The molecule has 0 heterocycles. The third-order valence-corrected chi connectivity index (χ3v) is 4.01. The lowest BCUT2D eigenvalue weighted by Crippen LogP contribution is -2.32. The maximum atomic E-state index is 12.5. The number of anilines is 1. The smallest absolute Gasteiger partial charge is 0.265 e. The van der Waals surface area contributed by atoms with Crippen molar-refractivity contribution < 1.29 is 14.3 Å². The highest BCUT2D eigenvalue weighted by Gasteiger charge is 2.18. The van der Waals surface area contributed by atoms with E-state index in [-0.39, 0.29) is 11.8 Å². The number of amides is 2. The quantitative estimate of drug-likeness (QED) is 0.706. The van der Waals surface area contributed by atoms with Crippen LogP contribution in [0, 0.1) is 6.92 Å². The van der Waals surface area contributed by atoms with Crippen molar-refractivity contribution in [2.24, 2.45) is 0 Å². The van der Waals surface area contributed by atoms with Crippen LogP contribution in [0.2, 0.25) is 0 Å². The lowest BCUT2D eigenvalue weighted by atomic mass is 10.1. The minimum atomic E-state index is -0.688. The third kappa shape index (κ3) is 5.34. The van der Waals surface area contributed by atoms with Crippen molar-refractivity contribution in [2.45, 2.75) is 39.7 Å². The van der Waals surface area contributed by atoms with Gasteiger partial charge in [0, 0.05) is 6.54 Å². The van der Waals surface area contributed by atoms with Gasteiger partial charge in [0.05, 0.1) is 11.3 Å². The van der Waals surface area contributed by atoms with E-state index >= 15 is 0 Å². The molecule has 0 saturated heterocycles. The largest absolute Gasteiger partial charge is 0.481 e. The Kier molecular flexibility index (Phi) is 7.21. The highest BCUT2D eigenvalue weighted by atomic mass is 16.5. The molecule has 5 nitrogen and oxygen atoms in total. The van der Waals surface area contributed by atoms with Crippen molar-refractivity contribution in [1.29, 1.82) is 0 Å². The van der Waals surface area contributed by atoms with E-state index in [1.165, 1.54) is 0 Å². The molecule has 2 N–H and O–H groups in total. The third-order valence-electron chi connectivity index (χ3n) is 4.01. The van der Waals surface area contributed by atoms with Crippen LogP contribution in [-0.4, -0.2) is 24.5 Å². The van der Waals surface area contributed by atoms with Gasteiger partial charge in [-0.1, -0.05) is 43.7 Å². The zero-order valence-electron chi connectivity index (χ0n) is 15.5. The molecule has 2 rings (SSSR count). The van der Waals surface area contributed by atoms with E-state index in [1.807, 2.05) is 31.2 Å². The molecule has 0 aromatic heterocycles. The summed E-state index contributed by atoms with van der Waals surface area (Å²) in [6, 6.07) is 14.5. The molecule has 5 heteroatoms. The first-order chi connectivity index (χ1) is 12.5. The number of ether oxygens (including phenoxy) is 1. The van der Waals surface area contributed by atoms with Crippen LogP contribution in [-0.2, 0) is 4.79 Å². The van der Waals surface area contributed by atoms with Gasteiger partial charge in [-0.05, 0) is 44.0 Å². The van der Waals surface area contributed by atoms with Gasteiger partial charge in [-0.2, -0.15) is 0 Å². The van der Waals surface area contributed by atoms with Gasteiger partial charge < -0.3 is 15.4 Å². The average Bonchev–Trinajstić information content (AvgIpc) is 2.64. The maximum absolute atomic E-state index is 12.5. The minimum absolute atomic E-state index is 0.193. The number of hydrogen-bond donors (Lipinski definition) is 2. The summed E-state index contributed by atoms with van der Waals surface area (Å²) in [5, 5.41) is 5.67. The van der Waals surface area contributed by atoms with Gasteiger partial charge in [0.15, 0.2) is 6.10 Å². The lowest BCUT2D eigenvalue weighted by molar-refractivity contribution is -0.122. The molecule has 0 aliphatic heterocycles. The molecule has 2 aromatic carbocycles. The van der Waals surface area contributed by atoms with Crippen LogP contribution in [0.15, 0.2) is 48.5 Å². The van der Waals surface area contributed by atoms with E-state index in [4.69, 9.17) is 4.74 Å².